The highest BCUT2D eigenvalue weighted by Crippen LogP contribution is 2.43. The van der Waals surface area contributed by atoms with Gasteiger partial charge in [-0.05, 0) is 32.9 Å². The number of methoxy groups -OCH3 is 1. The van der Waals surface area contributed by atoms with Crippen LogP contribution in [0.25, 0.3) is 0 Å². The summed E-state index contributed by atoms with van der Waals surface area (Å²) in [4.78, 5) is 37.2. The molecule has 0 unspecified atom stereocenters. The number of amidine groups is 1. The van der Waals surface area contributed by atoms with Crippen LogP contribution in [0.1, 0.15) is 26.3 Å². The number of carbonyl (C=O) groups excluding carboxylic acids is 2. The van der Waals surface area contributed by atoms with E-state index in [2.05, 4.69) is 10.1 Å². The molecule has 2 aliphatic heterocycles. The minimum Gasteiger partial charge on any atom is -0.466 e. The van der Waals surface area contributed by atoms with Crippen LogP contribution >= 0.6 is 0 Å². The molecule has 2 aliphatic rings. The topological polar surface area (TPSA) is 89.8 Å². The Morgan fingerprint density at radius 1 is 1.19 bits per heavy atom. The van der Waals surface area contributed by atoms with E-state index in [-0.39, 0.29) is 11.7 Å². The first-order chi connectivity index (χ1) is 12.4. The fourth-order valence-corrected chi connectivity index (χ4v) is 3.16. The number of ether oxygens (including phenoxy) is 2. The molecule has 0 spiro atoms. The molecule has 1 aromatic carbocycles. The molecule has 2 atom stereocenters. The number of amides is 1. The van der Waals surface area contributed by atoms with E-state index in [1.807, 2.05) is 32.0 Å². The van der Waals surface area contributed by atoms with E-state index in [1.54, 1.807) is 17.0 Å². The van der Waals surface area contributed by atoms with Crippen molar-refractivity contribution >= 4 is 23.6 Å². The Kier molecular flexibility index (Phi) is 4.43. The highest BCUT2D eigenvalue weighted by molar-refractivity contribution is 6.24. The van der Waals surface area contributed by atoms with Gasteiger partial charge < -0.3 is 19.2 Å². The number of benzene rings is 1. The molecule has 0 bridgehead atoms. The molecule has 0 fully saturated rings. The van der Waals surface area contributed by atoms with Crippen molar-refractivity contribution in [2.75, 3.05) is 20.2 Å². The smallest absolute Gasteiger partial charge is 0.363 e. The average Bonchev–Trinajstić information content (AvgIpc) is 3.20. The van der Waals surface area contributed by atoms with Crippen LogP contribution in [0.2, 0.25) is 0 Å². The zero-order valence-corrected chi connectivity index (χ0v) is 15.2. The average molecular weight is 359 g/mol. The number of fused-ring (bicyclic) bond motifs is 1. The Labute approximate surface area is 151 Å². The van der Waals surface area contributed by atoms with Gasteiger partial charge in [0.2, 0.25) is 11.7 Å². The Balaban J connectivity index is 2.07. The molecule has 0 N–H and O–H groups in total. The van der Waals surface area contributed by atoms with Gasteiger partial charge in [0.15, 0.2) is 0 Å². The number of carbonyl (C=O) groups is 2. The summed E-state index contributed by atoms with van der Waals surface area (Å²) in [6, 6.07) is 9.06. The molecule has 0 aliphatic carbocycles. The molecular formula is C18H21N3O5. The van der Waals surface area contributed by atoms with E-state index in [0.29, 0.717) is 18.7 Å². The number of esters is 1. The van der Waals surface area contributed by atoms with E-state index in [9.17, 15) is 9.59 Å². The third-order valence-electron chi connectivity index (χ3n) is 4.71. The van der Waals surface area contributed by atoms with Crippen molar-refractivity contribution in [3.05, 3.63) is 35.9 Å². The van der Waals surface area contributed by atoms with E-state index in [1.165, 1.54) is 14.0 Å². The van der Waals surface area contributed by atoms with Crippen molar-refractivity contribution < 1.29 is 23.9 Å². The third-order valence-corrected chi connectivity index (χ3v) is 4.71. The van der Waals surface area contributed by atoms with Gasteiger partial charge in [0.25, 0.3) is 11.5 Å². The second-order valence-corrected chi connectivity index (χ2v) is 6.07. The quantitative estimate of drug-likeness (QED) is 0.740. The molecule has 0 saturated carbocycles. The lowest BCUT2D eigenvalue weighted by Gasteiger charge is -2.36. The van der Waals surface area contributed by atoms with Gasteiger partial charge >= 0.3 is 11.6 Å². The van der Waals surface area contributed by atoms with Crippen LogP contribution in [0.4, 0.5) is 0 Å². The number of aliphatic imine (C=N–C) groups is 1. The normalized spacial score (nSPS) is 26.2. The van der Waals surface area contributed by atoms with E-state index in [4.69, 9.17) is 14.3 Å². The molecule has 3 rings (SSSR count). The molecule has 0 aromatic heterocycles. The second kappa shape index (κ2) is 6.44. The van der Waals surface area contributed by atoms with Crippen molar-refractivity contribution in [1.29, 1.82) is 0 Å². The highest BCUT2D eigenvalue weighted by Gasteiger charge is 2.74. The SMILES string of the molecule is CCN(CC)C(=O)[C@]1(C)ON=C2N=C(c3ccccc3)O[C@]21C(=O)OC. The summed E-state index contributed by atoms with van der Waals surface area (Å²) in [5.41, 5.74) is -2.95. The van der Waals surface area contributed by atoms with Crippen LogP contribution in [0.15, 0.2) is 40.5 Å². The molecular weight excluding hydrogens is 338 g/mol. The van der Waals surface area contributed by atoms with Crippen molar-refractivity contribution in [2.24, 2.45) is 10.1 Å². The zero-order valence-electron chi connectivity index (χ0n) is 15.2. The lowest BCUT2D eigenvalue weighted by Crippen LogP contribution is -2.67. The van der Waals surface area contributed by atoms with Crippen LogP contribution in [0.5, 0.6) is 0 Å². The Morgan fingerprint density at radius 2 is 1.85 bits per heavy atom. The molecule has 2 heterocycles. The summed E-state index contributed by atoms with van der Waals surface area (Å²) in [6.45, 7) is 6.06. The van der Waals surface area contributed by atoms with Crippen LogP contribution in [0, 0.1) is 0 Å². The van der Waals surface area contributed by atoms with E-state index >= 15 is 0 Å². The lowest BCUT2D eigenvalue weighted by atomic mass is 9.82. The highest BCUT2D eigenvalue weighted by atomic mass is 16.7. The minimum absolute atomic E-state index is 0.0220. The van der Waals surface area contributed by atoms with Gasteiger partial charge in [-0.1, -0.05) is 23.4 Å². The maximum Gasteiger partial charge on any atom is 0.363 e. The van der Waals surface area contributed by atoms with Crippen LogP contribution in [0.3, 0.4) is 0 Å². The number of hydrogen-bond donors (Lipinski definition) is 0. The summed E-state index contributed by atoms with van der Waals surface area (Å²) < 4.78 is 10.9. The largest absolute Gasteiger partial charge is 0.466 e. The van der Waals surface area contributed by atoms with Gasteiger partial charge in [-0.3, -0.25) is 4.79 Å². The van der Waals surface area contributed by atoms with E-state index in [0.717, 1.165) is 0 Å². The van der Waals surface area contributed by atoms with Crippen LogP contribution < -0.4 is 0 Å². The van der Waals surface area contributed by atoms with Gasteiger partial charge in [-0.15, -0.1) is 0 Å². The maximum absolute atomic E-state index is 13.1. The molecule has 8 nitrogen and oxygen atoms in total. The fraction of sp³-hybridized carbons (Fsp3) is 0.444. The van der Waals surface area contributed by atoms with Crippen LogP contribution in [-0.4, -0.2) is 59.9 Å². The van der Waals surface area contributed by atoms with E-state index < -0.39 is 23.1 Å². The number of nitrogens with zero attached hydrogens (tertiary/aromatic N) is 3. The minimum atomic E-state index is -1.88. The Bertz CT molecular complexity index is 787. The summed E-state index contributed by atoms with van der Waals surface area (Å²) in [6.07, 6.45) is 0. The zero-order chi connectivity index (χ0) is 18.9. The van der Waals surface area contributed by atoms with Crippen LogP contribution in [-0.2, 0) is 23.9 Å². The molecule has 0 radical (unpaired) electrons. The molecule has 8 heteroatoms. The summed E-state index contributed by atoms with van der Waals surface area (Å²) >= 11 is 0. The van der Waals surface area contributed by atoms with Crippen molar-refractivity contribution in [2.45, 2.75) is 32.0 Å². The fourth-order valence-electron chi connectivity index (χ4n) is 3.16. The lowest BCUT2D eigenvalue weighted by molar-refractivity contribution is -0.186. The van der Waals surface area contributed by atoms with Crippen molar-refractivity contribution in [3.8, 4) is 0 Å². The Morgan fingerprint density at radius 3 is 2.42 bits per heavy atom. The molecule has 1 aromatic rings. The number of likely N-dealkylation sites (N-methyl/N-ethyl adjacent to an activating group) is 1. The number of rotatable bonds is 5. The van der Waals surface area contributed by atoms with Gasteiger partial charge in [-0.25, -0.2) is 4.79 Å². The molecule has 26 heavy (non-hydrogen) atoms. The van der Waals surface area contributed by atoms with Gasteiger partial charge in [-0.2, -0.15) is 4.99 Å². The Hall–Kier alpha value is -2.90. The number of hydrogen-bond acceptors (Lipinski definition) is 7. The molecule has 138 valence electrons. The summed E-state index contributed by atoms with van der Waals surface area (Å²) in [5, 5.41) is 3.90. The first-order valence-electron chi connectivity index (χ1n) is 8.42. The molecule has 1 amide bonds. The standard InChI is InChI=1S/C18H21N3O5/c1-5-21(6-2)15(22)17(3)18(16(23)24-4)14(20-26-17)19-13(25-18)12-10-8-7-9-11-12/h7-11H,5-6H2,1-4H3/t17-,18-/m0/s1. The van der Waals surface area contributed by atoms with Gasteiger partial charge in [0.05, 0.1) is 7.11 Å². The predicted octanol–water partition coefficient (Wildman–Crippen LogP) is 1.35. The predicted molar refractivity (Wildman–Crippen MR) is 93.7 cm³/mol. The maximum atomic E-state index is 13.1. The first-order valence-corrected chi connectivity index (χ1v) is 8.42. The van der Waals surface area contributed by atoms with Gasteiger partial charge in [0, 0.05) is 18.7 Å². The monoisotopic (exact) mass is 359 g/mol. The second-order valence-electron chi connectivity index (χ2n) is 6.07. The third kappa shape index (κ3) is 2.28. The number of oxime groups is 1. The van der Waals surface area contributed by atoms with Gasteiger partial charge in [0.1, 0.15) is 0 Å². The first kappa shape index (κ1) is 17.9. The molecule has 0 saturated heterocycles. The summed E-state index contributed by atoms with van der Waals surface area (Å²) in [7, 11) is 1.22. The van der Waals surface area contributed by atoms with Crippen molar-refractivity contribution in [3.63, 3.8) is 0 Å². The van der Waals surface area contributed by atoms with Crippen molar-refractivity contribution in [1.82, 2.24) is 4.90 Å². The summed E-state index contributed by atoms with van der Waals surface area (Å²) in [5.74, 6) is -1.04.